The summed E-state index contributed by atoms with van der Waals surface area (Å²) in [7, 11) is 1.90. The van der Waals surface area contributed by atoms with E-state index < -0.39 is 0 Å². The van der Waals surface area contributed by atoms with Crippen LogP contribution in [0, 0.1) is 0 Å². The molecule has 0 aliphatic heterocycles. The summed E-state index contributed by atoms with van der Waals surface area (Å²) in [6, 6.07) is 7.28. The summed E-state index contributed by atoms with van der Waals surface area (Å²) in [6.07, 6.45) is 1.76. The minimum atomic E-state index is 0.145. The van der Waals surface area contributed by atoms with Crippen LogP contribution in [0.25, 0.3) is 0 Å². The van der Waals surface area contributed by atoms with Crippen LogP contribution in [0.5, 0.6) is 5.75 Å². The third kappa shape index (κ3) is 2.78. The Kier molecular flexibility index (Phi) is 3.66. The zero-order valence-corrected chi connectivity index (χ0v) is 10.3. The molecular weight excluding hydrogens is 238 g/mol. The topological polar surface area (TPSA) is 50.1 Å². The van der Waals surface area contributed by atoms with E-state index in [2.05, 4.69) is 10.4 Å². The Morgan fingerprint density at radius 3 is 2.88 bits per heavy atom. The molecule has 0 saturated carbocycles. The van der Waals surface area contributed by atoms with E-state index in [1.54, 1.807) is 12.3 Å². The summed E-state index contributed by atoms with van der Waals surface area (Å²) in [4.78, 5) is 0. The Morgan fingerprint density at radius 2 is 2.18 bits per heavy atom. The van der Waals surface area contributed by atoms with Crippen LogP contribution in [0.4, 0.5) is 0 Å². The third-order valence-corrected chi connectivity index (χ3v) is 2.92. The van der Waals surface area contributed by atoms with Gasteiger partial charge in [-0.3, -0.25) is 4.68 Å². The summed E-state index contributed by atoms with van der Waals surface area (Å²) < 4.78 is 1.81. The van der Waals surface area contributed by atoms with Crippen LogP contribution < -0.4 is 5.32 Å². The molecule has 5 heteroatoms. The molecule has 0 spiro atoms. The highest BCUT2D eigenvalue weighted by Crippen LogP contribution is 2.26. The number of phenols is 1. The van der Waals surface area contributed by atoms with Gasteiger partial charge in [-0.25, -0.2) is 0 Å². The first-order valence-electron chi connectivity index (χ1n) is 5.32. The molecule has 1 aromatic heterocycles. The zero-order valence-electron chi connectivity index (χ0n) is 9.52. The molecular formula is C12H14ClN3O. The molecule has 0 unspecified atom stereocenters. The van der Waals surface area contributed by atoms with Crippen LogP contribution in [0.2, 0.25) is 5.02 Å². The highest BCUT2D eigenvalue weighted by atomic mass is 35.5. The van der Waals surface area contributed by atoms with Crippen molar-refractivity contribution in [1.29, 1.82) is 0 Å². The fourth-order valence-corrected chi connectivity index (χ4v) is 1.80. The minimum Gasteiger partial charge on any atom is -0.506 e. The highest BCUT2D eigenvalue weighted by molar-refractivity contribution is 6.32. The molecule has 2 aromatic rings. The summed E-state index contributed by atoms with van der Waals surface area (Å²) in [5.74, 6) is 0.145. The maximum atomic E-state index is 9.72. The van der Waals surface area contributed by atoms with E-state index in [0.717, 1.165) is 11.3 Å². The van der Waals surface area contributed by atoms with Crippen molar-refractivity contribution in [2.75, 3.05) is 0 Å². The monoisotopic (exact) mass is 251 g/mol. The molecule has 0 radical (unpaired) electrons. The maximum Gasteiger partial charge on any atom is 0.138 e. The molecule has 17 heavy (non-hydrogen) atoms. The van der Waals surface area contributed by atoms with E-state index >= 15 is 0 Å². The standard InChI is InChI=1S/C12H14ClN3O/c1-16-10(5-6-15-16)8-14-7-9-3-2-4-11(13)12(9)17/h2-6,14,17H,7-8H2,1H3. The van der Waals surface area contributed by atoms with E-state index in [0.29, 0.717) is 18.1 Å². The average Bonchev–Trinajstić information content (AvgIpc) is 2.71. The van der Waals surface area contributed by atoms with Crippen LogP contribution >= 0.6 is 11.6 Å². The average molecular weight is 252 g/mol. The highest BCUT2D eigenvalue weighted by Gasteiger charge is 2.05. The van der Waals surface area contributed by atoms with Gasteiger partial charge in [-0.05, 0) is 12.1 Å². The van der Waals surface area contributed by atoms with Crippen LogP contribution in [0.3, 0.4) is 0 Å². The number of aryl methyl sites for hydroxylation is 1. The SMILES string of the molecule is Cn1nccc1CNCc1cccc(Cl)c1O. The normalized spacial score (nSPS) is 10.7. The smallest absolute Gasteiger partial charge is 0.138 e. The second-order valence-electron chi connectivity index (χ2n) is 3.80. The Labute approximate surface area is 105 Å². The molecule has 0 amide bonds. The largest absolute Gasteiger partial charge is 0.506 e. The van der Waals surface area contributed by atoms with Gasteiger partial charge in [0.25, 0.3) is 0 Å². The van der Waals surface area contributed by atoms with E-state index in [1.807, 2.05) is 29.9 Å². The number of aromatic hydroxyl groups is 1. The molecule has 0 bridgehead atoms. The van der Waals surface area contributed by atoms with Gasteiger partial charge in [0.1, 0.15) is 5.75 Å². The third-order valence-electron chi connectivity index (χ3n) is 2.61. The molecule has 0 aliphatic rings. The lowest BCUT2D eigenvalue weighted by atomic mass is 10.2. The van der Waals surface area contributed by atoms with Crippen molar-refractivity contribution in [3.8, 4) is 5.75 Å². The number of nitrogens with zero attached hydrogens (tertiary/aromatic N) is 2. The summed E-state index contributed by atoms with van der Waals surface area (Å²) in [5.41, 5.74) is 1.88. The zero-order chi connectivity index (χ0) is 12.3. The molecule has 90 valence electrons. The number of hydrogen-bond acceptors (Lipinski definition) is 3. The van der Waals surface area contributed by atoms with Crippen LogP contribution in [-0.2, 0) is 20.1 Å². The van der Waals surface area contributed by atoms with Gasteiger partial charge in [0, 0.05) is 31.9 Å². The van der Waals surface area contributed by atoms with E-state index in [-0.39, 0.29) is 5.75 Å². The lowest BCUT2D eigenvalue weighted by molar-refractivity contribution is 0.464. The Hall–Kier alpha value is -1.52. The van der Waals surface area contributed by atoms with Gasteiger partial charge in [-0.2, -0.15) is 5.10 Å². The van der Waals surface area contributed by atoms with Crippen LogP contribution in [-0.4, -0.2) is 14.9 Å². The van der Waals surface area contributed by atoms with Crippen molar-refractivity contribution in [2.45, 2.75) is 13.1 Å². The van der Waals surface area contributed by atoms with Gasteiger partial charge in [0.05, 0.1) is 10.7 Å². The Bertz CT molecular complexity index is 510. The van der Waals surface area contributed by atoms with Gasteiger partial charge < -0.3 is 10.4 Å². The second-order valence-corrected chi connectivity index (χ2v) is 4.20. The minimum absolute atomic E-state index is 0.145. The number of aromatic nitrogens is 2. The number of phenolic OH excluding ortho intramolecular Hbond substituents is 1. The number of hydrogen-bond donors (Lipinski definition) is 2. The number of rotatable bonds is 4. The second kappa shape index (κ2) is 5.21. The molecule has 0 atom stereocenters. The van der Waals surface area contributed by atoms with Gasteiger partial charge in [-0.1, -0.05) is 23.7 Å². The summed E-state index contributed by atoms with van der Waals surface area (Å²) in [6.45, 7) is 1.26. The molecule has 0 fully saturated rings. The lowest BCUT2D eigenvalue weighted by Crippen LogP contribution is -2.15. The van der Waals surface area contributed by atoms with Gasteiger partial charge in [0.15, 0.2) is 0 Å². The first kappa shape index (κ1) is 12.0. The van der Waals surface area contributed by atoms with Crippen molar-refractivity contribution < 1.29 is 5.11 Å². The summed E-state index contributed by atoms with van der Waals surface area (Å²) >= 11 is 5.83. The molecule has 0 aliphatic carbocycles. The summed E-state index contributed by atoms with van der Waals surface area (Å²) in [5, 5.41) is 17.4. The van der Waals surface area contributed by atoms with Crippen LogP contribution in [0.1, 0.15) is 11.3 Å². The van der Waals surface area contributed by atoms with E-state index in [9.17, 15) is 5.11 Å². The van der Waals surface area contributed by atoms with Crippen molar-refractivity contribution in [3.63, 3.8) is 0 Å². The molecule has 1 aromatic carbocycles. The maximum absolute atomic E-state index is 9.72. The quantitative estimate of drug-likeness (QED) is 0.875. The van der Waals surface area contributed by atoms with Crippen molar-refractivity contribution >= 4 is 11.6 Å². The molecule has 2 N–H and O–H groups in total. The first-order chi connectivity index (χ1) is 8.18. The molecule has 2 rings (SSSR count). The van der Waals surface area contributed by atoms with Crippen molar-refractivity contribution in [2.24, 2.45) is 7.05 Å². The molecule has 1 heterocycles. The molecule has 4 nitrogen and oxygen atoms in total. The van der Waals surface area contributed by atoms with E-state index in [1.165, 1.54) is 0 Å². The number of para-hydroxylation sites is 1. The predicted molar refractivity (Wildman–Crippen MR) is 66.9 cm³/mol. The van der Waals surface area contributed by atoms with Crippen molar-refractivity contribution in [3.05, 3.63) is 46.7 Å². The Morgan fingerprint density at radius 1 is 1.35 bits per heavy atom. The van der Waals surface area contributed by atoms with Gasteiger partial charge in [0.2, 0.25) is 0 Å². The van der Waals surface area contributed by atoms with Crippen LogP contribution in [0.15, 0.2) is 30.5 Å². The number of halogens is 1. The lowest BCUT2D eigenvalue weighted by Gasteiger charge is -2.08. The number of nitrogens with one attached hydrogen (secondary N) is 1. The molecule has 0 saturated heterocycles. The first-order valence-corrected chi connectivity index (χ1v) is 5.70. The van der Waals surface area contributed by atoms with Gasteiger partial charge in [-0.15, -0.1) is 0 Å². The fourth-order valence-electron chi connectivity index (χ4n) is 1.60. The van der Waals surface area contributed by atoms with Crippen molar-refractivity contribution in [1.82, 2.24) is 15.1 Å². The fraction of sp³-hybridized carbons (Fsp3) is 0.250. The van der Waals surface area contributed by atoms with E-state index in [4.69, 9.17) is 11.6 Å². The number of benzene rings is 1. The van der Waals surface area contributed by atoms with Gasteiger partial charge >= 0.3 is 0 Å². The predicted octanol–water partition coefficient (Wildman–Crippen LogP) is 2.07. The Balaban J connectivity index is 1.95.